The molecule has 0 spiro atoms. The van der Waals surface area contributed by atoms with Crippen molar-refractivity contribution in [1.29, 1.82) is 0 Å². The number of aryl methyl sites for hydroxylation is 1. The molecule has 1 heterocycles. The molecule has 0 aliphatic rings. The second kappa shape index (κ2) is 12.0. The third-order valence-electron chi connectivity index (χ3n) is 4.50. The molecular formula is C21H30FN7OS. The van der Waals surface area contributed by atoms with Gasteiger partial charge in [0.2, 0.25) is 11.0 Å². The number of rotatable bonds is 11. The van der Waals surface area contributed by atoms with Gasteiger partial charge in [0.1, 0.15) is 10.8 Å². The number of anilines is 1. The molecule has 0 saturated heterocycles. The summed E-state index contributed by atoms with van der Waals surface area (Å²) in [6, 6.07) is 4.09. The third kappa shape index (κ3) is 8.35. The van der Waals surface area contributed by atoms with Crippen molar-refractivity contribution in [3.8, 4) is 0 Å². The molecule has 8 N–H and O–H groups in total. The van der Waals surface area contributed by atoms with Crippen molar-refractivity contribution >= 4 is 22.4 Å². The molecule has 1 unspecified atom stereocenters. The lowest BCUT2D eigenvalue weighted by Crippen LogP contribution is -2.15. The van der Waals surface area contributed by atoms with E-state index in [4.69, 9.17) is 17.2 Å². The van der Waals surface area contributed by atoms with E-state index in [-0.39, 0.29) is 18.1 Å². The Kier molecular flexibility index (Phi) is 9.41. The quantitative estimate of drug-likeness (QED) is 0.263. The van der Waals surface area contributed by atoms with E-state index in [1.165, 1.54) is 17.4 Å². The Hall–Kier alpha value is -2.98. The molecule has 0 aliphatic carbocycles. The number of halogens is 1. The minimum absolute atomic E-state index is 0.104. The first-order valence-corrected chi connectivity index (χ1v) is 10.9. The molecule has 0 fully saturated rings. The zero-order valence-electron chi connectivity index (χ0n) is 17.8. The first kappa shape index (κ1) is 24.3. The number of nitrogens with zero attached hydrogens (tertiary/aromatic N) is 2. The lowest BCUT2D eigenvalue weighted by Gasteiger charge is -2.09. The van der Waals surface area contributed by atoms with Crippen LogP contribution in [0.3, 0.4) is 0 Å². The first-order chi connectivity index (χ1) is 14.8. The van der Waals surface area contributed by atoms with Crippen molar-refractivity contribution in [2.75, 3.05) is 12.4 Å². The Morgan fingerprint density at radius 2 is 2.03 bits per heavy atom. The number of nitrogens with two attached hydrogens (primary N) is 3. The van der Waals surface area contributed by atoms with E-state index in [1.54, 1.807) is 38.3 Å². The van der Waals surface area contributed by atoms with Gasteiger partial charge in [-0.05, 0) is 50.0 Å². The summed E-state index contributed by atoms with van der Waals surface area (Å²) in [5.74, 6) is -0.0549. The van der Waals surface area contributed by atoms with Gasteiger partial charge in [0.15, 0.2) is 0 Å². The van der Waals surface area contributed by atoms with Crippen LogP contribution in [0.1, 0.15) is 48.4 Å². The fraction of sp³-hybridized carbons (Fsp3) is 0.381. The van der Waals surface area contributed by atoms with Gasteiger partial charge in [-0.1, -0.05) is 23.5 Å². The second-order valence-electron chi connectivity index (χ2n) is 7.19. The summed E-state index contributed by atoms with van der Waals surface area (Å²) in [7, 11) is 1.75. The zero-order chi connectivity index (χ0) is 22.8. The number of carbonyl (C=O) groups excluding carboxylic acids is 1. The molecule has 0 aliphatic heterocycles. The summed E-state index contributed by atoms with van der Waals surface area (Å²) in [5, 5.41) is 15.0. The summed E-state index contributed by atoms with van der Waals surface area (Å²) in [6.07, 6.45) is 6.96. The fourth-order valence-corrected chi connectivity index (χ4v) is 3.57. The number of unbranched alkanes of at least 4 members (excludes halogenated alkanes) is 1. The van der Waals surface area contributed by atoms with Gasteiger partial charge in [-0.2, -0.15) is 0 Å². The highest BCUT2D eigenvalue weighted by molar-refractivity contribution is 7.15. The molecule has 0 saturated carbocycles. The number of hydrogen-bond acceptors (Lipinski definition) is 8. The fourth-order valence-electron chi connectivity index (χ4n) is 2.77. The number of aromatic nitrogens is 2. The van der Waals surface area contributed by atoms with Crippen molar-refractivity contribution in [1.82, 2.24) is 15.5 Å². The molecule has 8 nitrogen and oxygen atoms in total. The Labute approximate surface area is 185 Å². The molecule has 2 rings (SSSR count). The monoisotopic (exact) mass is 447 g/mol. The van der Waals surface area contributed by atoms with Gasteiger partial charge in [0.05, 0.1) is 12.2 Å². The highest BCUT2D eigenvalue weighted by Crippen LogP contribution is 2.20. The van der Waals surface area contributed by atoms with E-state index in [0.717, 1.165) is 36.4 Å². The first-order valence-electron chi connectivity index (χ1n) is 10.0. The van der Waals surface area contributed by atoms with Crippen LogP contribution in [0.15, 0.2) is 41.9 Å². The van der Waals surface area contributed by atoms with Crippen molar-refractivity contribution in [2.45, 2.75) is 45.1 Å². The van der Waals surface area contributed by atoms with Crippen LogP contribution in [0.4, 0.5) is 9.52 Å². The standard InChI is InChI=1S/C21H30FN7OS/c1-13(23)16-11-14(7-9-17(16)22)12-19(30)27-21-29-28-20(31-21)6-4-3-5-15(24)8-10-18(25)26-2/h7-11,13,26H,3-6,12,23-25H2,1-2H3,(H,27,29,30)/b15-8-,18-10+. The number of hydrogen-bond donors (Lipinski definition) is 5. The number of benzene rings is 1. The minimum Gasteiger partial charge on any atom is -0.402 e. The Morgan fingerprint density at radius 3 is 2.74 bits per heavy atom. The van der Waals surface area contributed by atoms with Gasteiger partial charge in [0, 0.05) is 30.8 Å². The summed E-state index contributed by atoms with van der Waals surface area (Å²) in [5.41, 5.74) is 19.2. The van der Waals surface area contributed by atoms with Crippen LogP contribution >= 0.6 is 11.3 Å². The van der Waals surface area contributed by atoms with Crippen LogP contribution in [0.2, 0.25) is 0 Å². The van der Waals surface area contributed by atoms with E-state index < -0.39 is 6.04 Å². The number of nitrogens with one attached hydrogen (secondary N) is 2. The Bertz CT molecular complexity index is 940. The van der Waals surface area contributed by atoms with Crippen LogP contribution in [-0.4, -0.2) is 23.2 Å². The minimum atomic E-state index is -0.442. The van der Waals surface area contributed by atoms with Gasteiger partial charge < -0.3 is 27.8 Å². The molecule has 168 valence electrons. The maximum Gasteiger partial charge on any atom is 0.230 e. The molecule has 1 atom stereocenters. The molecule has 31 heavy (non-hydrogen) atoms. The third-order valence-corrected chi connectivity index (χ3v) is 5.40. The maximum absolute atomic E-state index is 13.7. The molecular weight excluding hydrogens is 417 g/mol. The zero-order valence-corrected chi connectivity index (χ0v) is 18.6. The van der Waals surface area contributed by atoms with Gasteiger partial charge in [0.25, 0.3) is 0 Å². The molecule has 0 radical (unpaired) electrons. The summed E-state index contributed by atoms with van der Waals surface area (Å²) in [4.78, 5) is 12.3. The second-order valence-corrected chi connectivity index (χ2v) is 8.25. The van der Waals surface area contributed by atoms with Crippen LogP contribution in [-0.2, 0) is 17.6 Å². The Morgan fingerprint density at radius 1 is 1.26 bits per heavy atom. The van der Waals surface area contributed by atoms with Crippen LogP contribution in [0.25, 0.3) is 0 Å². The van der Waals surface area contributed by atoms with Crippen LogP contribution in [0, 0.1) is 5.82 Å². The van der Waals surface area contributed by atoms with Crippen molar-refractivity contribution < 1.29 is 9.18 Å². The average Bonchev–Trinajstić information content (AvgIpc) is 3.17. The van der Waals surface area contributed by atoms with Crippen molar-refractivity contribution in [3.63, 3.8) is 0 Å². The van der Waals surface area contributed by atoms with Gasteiger partial charge in [-0.15, -0.1) is 10.2 Å². The highest BCUT2D eigenvalue weighted by atomic mass is 32.1. The van der Waals surface area contributed by atoms with Gasteiger partial charge >= 0.3 is 0 Å². The molecule has 1 aromatic heterocycles. The molecule has 0 bridgehead atoms. The summed E-state index contributed by atoms with van der Waals surface area (Å²) in [6.45, 7) is 1.70. The molecule has 10 heteroatoms. The predicted molar refractivity (Wildman–Crippen MR) is 122 cm³/mol. The van der Waals surface area contributed by atoms with Crippen LogP contribution < -0.4 is 27.8 Å². The largest absolute Gasteiger partial charge is 0.402 e. The molecule has 2 aromatic rings. The Balaban J connectivity index is 1.78. The van der Waals surface area contributed by atoms with E-state index in [9.17, 15) is 9.18 Å². The highest BCUT2D eigenvalue weighted by Gasteiger charge is 2.12. The van der Waals surface area contributed by atoms with Gasteiger partial charge in [-0.3, -0.25) is 4.79 Å². The molecule has 1 aromatic carbocycles. The van der Waals surface area contributed by atoms with E-state index in [1.807, 2.05) is 0 Å². The average molecular weight is 448 g/mol. The number of allylic oxidation sites excluding steroid dienone is 3. The predicted octanol–water partition coefficient (Wildman–Crippen LogP) is 2.45. The van der Waals surface area contributed by atoms with E-state index in [2.05, 4.69) is 20.8 Å². The van der Waals surface area contributed by atoms with Gasteiger partial charge in [-0.25, -0.2) is 4.39 Å². The summed E-state index contributed by atoms with van der Waals surface area (Å²) >= 11 is 1.34. The smallest absolute Gasteiger partial charge is 0.230 e. The number of carbonyl (C=O) groups is 1. The van der Waals surface area contributed by atoms with E-state index >= 15 is 0 Å². The normalized spacial score (nSPS) is 13.2. The van der Waals surface area contributed by atoms with Crippen molar-refractivity contribution in [2.24, 2.45) is 17.2 Å². The number of amides is 1. The lowest BCUT2D eigenvalue weighted by atomic mass is 10.0. The SMILES string of the molecule is CN/C(N)=C/C=C(\N)CCCCc1nnc(NC(=O)Cc2ccc(F)c(C(C)N)c2)s1. The summed E-state index contributed by atoms with van der Waals surface area (Å²) < 4.78 is 13.7. The lowest BCUT2D eigenvalue weighted by molar-refractivity contribution is -0.115. The maximum atomic E-state index is 13.7. The van der Waals surface area contributed by atoms with E-state index in [0.29, 0.717) is 22.1 Å². The topological polar surface area (TPSA) is 145 Å². The van der Waals surface area contributed by atoms with Crippen molar-refractivity contribution in [3.05, 3.63) is 63.8 Å². The molecule has 1 amide bonds. The van der Waals surface area contributed by atoms with Crippen LogP contribution in [0.5, 0.6) is 0 Å².